The average Bonchev–Trinajstić information content (AvgIpc) is 2.68. The smallest absolute Gasteiger partial charge is 0.323 e. The standard InChI is InChI=1S/C13H23N3O4/c1-12(2,3)16(7-9(17)18)11(20)15-6-5-13(4,8-15)10(14)19/h5-8H2,1-4H3,(H2,14,19)(H,17,18). The fourth-order valence-electron chi connectivity index (χ4n) is 2.22. The molecule has 1 aliphatic heterocycles. The number of hydrogen-bond acceptors (Lipinski definition) is 3. The van der Waals surface area contributed by atoms with E-state index < -0.39 is 22.8 Å². The summed E-state index contributed by atoms with van der Waals surface area (Å²) in [6.45, 7) is 7.32. The monoisotopic (exact) mass is 285 g/mol. The second kappa shape index (κ2) is 5.30. The molecule has 3 N–H and O–H groups in total. The Hall–Kier alpha value is -1.79. The van der Waals surface area contributed by atoms with Crippen molar-refractivity contribution in [2.75, 3.05) is 19.6 Å². The molecule has 0 spiro atoms. The molecule has 0 radical (unpaired) electrons. The molecule has 0 bridgehead atoms. The Balaban J connectivity index is 2.87. The van der Waals surface area contributed by atoms with E-state index in [0.717, 1.165) is 0 Å². The van der Waals surface area contributed by atoms with E-state index in [1.807, 2.05) is 0 Å². The largest absolute Gasteiger partial charge is 0.480 e. The van der Waals surface area contributed by atoms with E-state index in [1.165, 1.54) is 9.80 Å². The van der Waals surface area contributed by atoms with Gasteiger partial charge in [-0.15, -0.1) is 0 Å². The molecule has 0 aromatic rings. The van der Waals surface area contributed by atoms with Gasteiger partial charge in [-0.25, -0.2) is 4.79 Å². The number of aliphatic carboxylic acids is 1. The molecule has 7 heteroatoms. The number of likely N-dealkylation sites (tertiary alicyclic amines) is 1. The Morgan fingerprint density at radius 2 is 1.90 bits per heavy atom. The van der Waals surface area contributed by atoms with Crippen LogP contribution in [0.15, 0.2) is 0 Å². The maximum atomic E-state index is 12.5. The molecule has 0 aromatic heterocycles. The summed E-state index contributed by atoms with van der Waals surface area (Å²) in [6.07, 6.45) is 0.499. The fourth-order valence-corrected chi connectivity index (χ4v) is 2.22. The first-order chi connectivity index (χ1) is 8.97. The summed E-state index contributed by atoms with van der Waals surface area (Å²) in [5.74, 6) is -1.50. The zero-order valence-electron chi connectivity index (χ0n) is 12.5. The second-order valence-electron chi connectivity index (χ2n) is 6.53. The lowest BCUT2D eigenvalue weighted by molar-refractivity contribution is -0.139. The summed E-state index contributed by atoms with van der Waals surface area (Å²) in [7, 11) is 0. The Bertz CT molecular complexity index is 430. The first-order valence-electron chi connectivity index (χ1n) is 6.55. The molecular formula is C13H23N3O4. The molecule has 7 nitrogen and oxygen atoms in total. The normalized spacial score (nSPS) is 22.7. The molecule has 0 aliphatic carbocycles. The first kappa shape index (κ1) is 16.3. The second-order valence-corrected chi connectivity index (χ2v) is 6.53. The lowest BCUT2D eigenvalue weighted by atomic mass is 9.89. The SMILES string of the molecule is CC1(C(N)=O)CCN(C(=O)N(CC(=O)O)C(C)(C)C)C1. The Labute approximate surface area is 118 Å². The number of nitrogens with two attached hydrogens (primary N) is 1. The van der Waals surface area contributed by atoms with Gasteiger partial charge in [0.2, 0.25) is 5.91 Å². The lowest BCUT2D eigenvalue weighted by Gasteiger charge is -2.37. The molecular weight excluding hydrogens is 262 g/mol. The van der Waals surface area contributed by atoms with Crippen molar-refractivity contribution in [1.29, 1.82) is 0 Å². The van der Waals surface area contributed by atoms with Gasteiger partial charge >= 0.3 is 12.0 Å². The van der Waals surface area contributed by atoms with Crippen LogP contribution in [0.25, 0.3) is 0 Å². The van der Waals surface area contributed by atoms with Gasteiger partial charge in [-0.3, -0.25) is 9.59 Å². The van der Waals surface area contributed by atoms with Crippen LogP contribution in [0.3, 0.4) is 0 Å². The van der Waals surface area contributed by atoms with Gasteiger partial charge in [0.1, 0.15) is 6.54 Å². The van der Waals surface area contributed by atoms with Gasteiger partial charge in [-0.05, 0) is 34.1 Å². The van der Waals surface area contributed by atoms with Crippen molar-refractivity contribution in [3.05, 3.63) is 0 Å². The number of carbonyl (C=O) groups excluding carboxylic acids is 2. The van der Waals surface area contributed by atoms with Gasteiger partial charge in [-0.1, -0.05) is 0 Å². The molecule has 20 heavy (non-hydrogen) atoms. The van der Waals surface area contributed by atoms with Crippen LogP contribution >= 0.6 is 0 Å². The van der Waals surface area contributed by atoms with Gasteiger partial charge in [0.05, 0.1) is 5.41 Å². The van der Waals surface area contributed by atoms with E-state index in [0.29, 0.717) is 13.0 Å². The van der Waals surface area contributed by atoms with Gasteiger partial charge in [-0.2, -0.15) is 0 Å². The lowest BCUT2D eigenvalue weighted by Crippen LogP contribution is -2.53. The Morgan fingerprint density at radius 1 is 1.35 bits per heavy atom. The highest BCUT2D eigenvalue weighted by molar-refractivity contribution is 5.84. The number of carboxylic acids is 1. The van der Waals surface area contributed by atoms with E-state index in [2.05, 4.69) is 0 Å². The van der Waals surface area contributed by atoms with E-state index in [4.69, 9.17) is 10.8 Å². The minimum atomic E-state index is -1.06. The first-order valence-corrected chi connectivity index (χ1v) is 6.55. The molecule has 0 saturated carbocycles. The quantitative estimate of drug-likeness (QED) is 0.787. The molecule has 114 valence electrons. The summed E-state index contributed by atoms with van der Waals surface area (Å²) in [5, 5.41) is 8.94. The molecule has 1 fully saturated rings. The van der Waals surface area contributed by atoms with Crippen molar-refractivity contribution in [3.63, 3.8) is 0 Å². The van der Waals surface area contributed by atoms with Crippen LogP contribution in [0.5, 0.6) is 0 Å². The molecule has 0 aromatic carbocycles. The molecule has 1 unspecified atom stereocenters. The minimum absolute atomic E-state index is 0.230. The third-order valence-corrected chi connectivity index (χ3v) is 3.67. The zero-order valence-corrected chi connectivity index (χ0v) is 12.5. The molecule has 1 saturated heterocycles. The third-order valence-electron chi connectivity index (χ3n) is 3.67. The predicted molar refractivity (Wildman–Crippen MR) is 73.0 cm³/mol. The van der Waals surface area contributed by atoms with Gasteiger partial charge in [0, 0.05) is 18.6 Å². The number of rotatable bonds is 3. The molecule has 1 aliphatic rings. The van der Waals surface area contributed by atoms with Crippen molar-refractivity contribution < 1.29 is 19.5 Å². The maximum absolute atomic E-state index is 12.5. The van der Waals surface area contributed by atoms with Crippen LogP contribution in [-0.4, -0.2) is 58.0 Å². The number of nitrogens with zero attached hydrogens (tertiary/aromatic N) is 2. The fraction of sp³-hybridized carbons (Fsp3) is 0.769. The van der Waals surface area contributed by atoms with E-state index in [1.54, 1.807) is 27.7 Å². The maximum Gasteiger partial charge on any atom is 0.323 e. The van der Waals surface area contributed by atoms with Crippen LogP contribution in [-0.2, 0) is 9.59 Å². The van der Waals surface area contributed by atoms with Crippen LogP contribution < -0.4 is 5.73 Å². The van der Waals surface area contributed by atoms with Crippen LogP contribution in [0.2, 0.25) is 0 Å². The number of primary amides is 1. The van der Waals surface area contributed by atoms with Crippen LogP contribution in [0.1, 0.15) is 34.1 Å². The average molecular weight is 285 g/mol. The zero-order chi connectivity index (χ0) is 15.7. The van der Waals surface area contributed by atoms with Gasteiger partial charge in [0.15, 0.2) is 0 Å². The summed E-state index contributed by atoms with van der Waals surface area (Å²) in [4.78, 5) is 37.6. The van der Waals surface area contributed by atoms with Crippen molar-refractivity contribution in [1.82, 2.24) is 9.80 Å². The Kier molecular flexibility index (Phi) is 4.31. The summed E-state index contributed by atoms with van der Waals surface area (Å²) >= 11 is 0. The third kappa shape index (κ3) is 3.40. The van der Waals surface area contributed by atoms with Crippen molar-refractivity contribution in [3.8, 4) is 0 Å². The molecule has 1 atom stereocenters. The summed E-state index contributed by atoms with van der Waals surface area (Å²) in [6, 6.07) is -0.370. The van der Waals surface area contributed by atoms with Crippen molar-refractivity contribution in [2.45, 2.75) is 39.7 Å². The highest BCUT2D eigenvalue weighted by Crippen LogP contribution is 2.31. The van der Waals surface area contributed by atoms with Crippen molar-refractivity contribution >= 4 is 17.9 Å². The number of amides is 3. The number of carbonyl (C=O) groups is 3. The predicted octanol–water partition coefficient (Wildman–Crippen LogP) is 0.489. The number of carboxylic acid groups (broad SMARTS) is 1. The topological polar surface area (TPSA) is 104 Å². The molecule has 3 amide bonds. The van der Waals surface area contributed by atoms with E-state index >= 15 is 0 Å². The van der Waals surface area contributed by atoms with E-state index in [-0.39, 0.29) is 19.1 Å². The number of urea groups is 1. The van der Waals surface area contributed by atoms with Crippen LogP contribution in [0, 0.1) is 5.41 Å². The van der Waals surface area contributed by atoms with Crippen molar-refractivity contribution in [2.24, 2.45) is 11.1 Å². The van der Waals surface area contributed by atoms with Gasteiger partial charge in [0.25, 0.3) is 0 Å². The Morgan fingerprint density at radius 3 is 2.25 bits per heavy atom. The van der Waals surface area contributed by atoms with E-state index in [9.17, 15) is 14.4 Å². The molecule has 1 rings (SSSR count). The highest BCUT2D eigenvalue weighted by atomic mass is 16.4. The van der Waals surface area contributed by atoms with Gasteiger partial charge < -0.3 is 20.6 Å². The number of hydrogen-bond donors (Lipinski definition) is 2. The minimum Gasteiger partial charge on any atom is -0.480 e. The summed E-state index contributed by atoms with van der Waals surface area (Å²) < 4.78 is 0. The molecule has 1 heterocycles. The van der Waals surface area contributed by atoms with Crippen LogP contribution in [0.4, 0.5) is 4.79 Å². The summed E-state index contributed by atoms with van der Waals surface area (Å²) in [5.41, 5.74) is 4.01. The highest BCUT2D eigenvalue weighted by Gasteiger charge is 2.43.